The Hall–Kier alpha value is -3.38. The number of carbonyl (C=O) groups is 2. The molecule has 0 unspecified atom stereocenters. The monoisotopic (exact) mass is 473 g/mol. The summed E-state index contributed by atoms with van der Waals surface area (Å²) in [5, 5.41) is 8.27. The number of likely N-dealkylation sites (tertiary alicyclic amines) is 1. The lowest BCUT2D eigenvalue weighted by atomic mass is 10.0. The number of nitrogens with one attached hydrogen (secondary N) is 2. The summed E-state index contributed by atoms with van der Waals surface area (Å²) in [6.07, 6.45) is 1.49. The minimum absolute atomic E-state index is 0.0768. The molecular formula is C29H35N3O3. The van der Waals surface area contributed by atoms with E-state index in [4.69, 9.17) is 4.74 Å². The minimum Gasteiger partial charge on any atom is -0.497 e. The first-order chi connectivity index (χ1) is 16.9. The molecule has 2 atom stereocenters. The SMILES string of the molecule is COc1ccc(CN2CC[C@H](NC(=O)[C@H](CC(C)C)NC(=O)c3ccc4ccccc4c3)C2)cc1. The predicted octanol–water partition coefficient (Wildman–Crippen LogP) is 4.38. The molecule has 2 amide bonds. The molecule has 0 bridgehead atoms. The molecule has 1 aliphatic heterocycles. The van der Waals surface area contributed by atoms with Gasteiger partial charge in [-0.2, -0.15) is 0 Å². The second-order valence-corrected chi connectivity index (χ2v) is 9.79. The Morgan fingerprint density at radius 3 is 2.49 bits per heavy atom. The van der Waals surface area contributed by atoms with Gasteiger partial charge in [-0.05, 0) is 59.4 Å². The molecule has 0 aromatic heterocycles. The van der Waals surface area contributed by atoms with Gasteiger partial charge in [-0.3, -0.25) is 14.5 Å². The summed E-state index contributed by atoms with van der Waals surface area (Å²) < 4.78 is 5.23. The Kier molecular flexibility index (Phi) is 8.03. The Morgan fingerprint density at radius 2 is 1.77 bits per heavy atom. The molecular weight excluding hydrogens is 438 g/mol. The molecule has 0 radical (unpaired) electrons. The predicted molar refractivity (Wildman–Crippen MR) is 139 cm³/mol. The van der Waals surface area contributed by atoms with Gasteiger partial charge in [-0.15, -0.1) is 0 Å². The zero-order chi connectivity index (χ0) is 24.8. The van der Waals surface area contributed by atoms with Crippen LogP contribution in [0.5, 0.6) is 5.75 Å². The van der Waals surface area contributed by atoms with Crippen LogP contribution in [0.3, 0.4) is 0 Å². The maximum atomic E-state index is 13.2. The highest BCUT2D eigenvalue weighted by Crippen LogP contribution is 2.18. The van der Waals surface area contributed by atoms with Crippen molar-refractivity contribution in [2.75, 3.05) is 20.2 Å². The van der Waals surface area contributed by atoms with Crippen LogP contribution in [0, 0.1) is 5.92 Å². The van der Waals surface area contributed by atoms with Crippen molar-refractivity contribution in [1.82, 2.24) is 15.5 Å². The molecule has 1 aliphatic rings. The first kappa shape index (κ1) is 24.7. The fraction of sp³-hybridized carbons (Fsp3) is 0.379. The summed E-state index contributed by atoms with van der Waals surface area (Å²) in [6, 6.07) is 21.2. The van der Waals surface area contributed by atoms with Crippen molar-refractivity contribution in [3.63, 3.8) is 0 Å². The van der Waals surface area contributed by atoms with Crippen molar-refractivity contribution in [3.8, 4) is 5.75 Å². The van der Waals surface area contributed by atoms with Crippen LogP contribution in [-0.2, 0) is 11.3 Å². The summed E-state index contributed by atoms with van der Waals surface area (Å²) in [4.78, 5) is 28.6. The number of ether oxygens (including phenoxy) is 1. The lowest BCUT2D eigenvalue weighted by Gasteiger charge is -2.23. The molecule has 3 aromatic rings. The van der Waals surface area contributed by atoms with E-state index in [2.05, 4.69) is 41.5 Å². The van der Waals surface area contributed by atoms with Crippen LogP contribution >= 0.6 is 0 Å². The zero-order valence-electron chi connectivity index (χ0n) is 20.8. The van der Waals surface area contributed by atoms with E-state index >= 15 is 0 Å². The number of amides is 2. The van der Waals surface area contributed by atoms with Crippen molar-refractivity contribution >= 4 is 22.6 Å². The molecule has 184 valence electrons. The third-order valence-electron chi connectivity index (χ3n) is 6.52. The number of nitrogens with zero attached hydrogens (tertiary/aromatic N) is 1. The second kappa shape index (κ2) is 11.4. The average molecular weight is 474 g/mol. The number of benzene rings is 3. The first-order valence-electron chi connectivity index (χ1n) is 12.4. The maximum Gasteiger partial charge on any atom is 0.251 e. The summed E-state index contributed by atoms with van der Waals surface area (Å²) in [6.45, 7) is 6.69. The highest BCUT2D eigenvalue weighted by molar-refractivity contribution is 6.00. The Morgan fingerprint density at radius 1 is 1.03 bits per heavy atom. The van der Waals surface area contributed by atoms with Gasteiger partial charge in [0.05, 0.1) is 7.11 Å². The van der Waals surface area contributed by atoms with Gasteiger partial charge in [0.15, 0.2) is 0 Å². The van der Waals surface area contributed by atoms with Crippen LogP contribution in [0.25, 0.3) is 10.8 Å². The third kappa shape index (κ3) is 6.61. The lowest BCUT2D eigenvalue weighted by Crippen LogP contribution is -2.50. The van der Waals surface area contributed by atoms with Gasteiger partial charge in [-0.25, -0.2) is 0 Å². The smallest absolute Gasteiger partial charge is 0.251 e. The summed E-state index contributed by atoms with van der Waals surface area (Å²) in [5.41, 5.74) is 1.79. The zero-order valence-corrected chi connectivity index (χ0v) is 20.8. The Bertz CT molecular complexity index is 1160. The van der Waals surface area contributed by atoms with E-state index in [0.29, 0.717) is 12.0 Å². The van der Waals surface area contributed by atoms with Gasteiger partial charge in [0.1, 0.15) is 11.8 Å². The fourth-order valence-corrected chi connectivity index (χ4v) is 4.66. The van der Waals surface area contributed by atoms with Crippen LogP contribution in [0.1, 0.15) is 42.6 Å². The summed E-state index contributed by atoms with van der Waals surface area (Å²) in [7, 11) is 1.67. The van der Waals surface area contributed by atoms with Crippen molar-refractivity contribution in [3.05, 3.63) is 77.9 Å². The molecule has 0 spiro atoms. The summed E-state index contributed by atoms with van der Waals surface area (Å²) >= 11 is 0. The van der Waals surface area contributed by atoms with Crippen molar-refractivity contribution in [2.45, 2.75) is 45.3 Å². The van der Waals surface area contributed by atoms with Gasteiger partial charge in [0.2, 0.25) is 5.91 Å². The molecule has 4 rings (SSSR count). The molecule has 1 heterocycles. The number of hydrogen-bond acceptors (Lipinski definition) is 4. The molecule has 6 heteroatoms. The highest BCUT2D eigenvalue weighted by Gasteiger charge is 2.28. The van der Waals surface area contributed by atoms with E-state index in [1.807, 2.05) is 54.6 Å². The van der Waals surface area contributed by atoms with Crippen LogP contribution in [0.15, 0.2) is 66.7 Å². The van der Waals surface area contributed by atoms with Gasteiger partial charge >= 0.3 is 0 Å². The lowest BCUT2D eigenvalue weighted by molar-refractivity contribution is -0.124. The van der Waals surface area contributed by atoms with Gasteiger partial charge in [-0.1, -0.05) is 56.3 Å². The molecule has 2 N–H and O–H groups in total. The third-order valence-corrected chi connectivity index (χ3v) is 6.52. The number of carbonyl (C=O) groups excluding carboxylic acids is 2. The second-order valence-electron chi connectivity index (χ2n) is 9.79. The van der Waals surface area contributed by atoms with E-state index in [1.54, 1.807) is 7.11 Å². The number of methoxy groups -OCH3 is 1. The number of fused-ring (bicyclic) bond motifs is 1. The van der Waals surface area contributed by atoms with E-state index < -0.39 is 6.04 Å². The van der Waals surface area contributed by atoms with Crippen molar-refractivity contribution in [2.24, 2.45) is 5.92 Å². The van der Waals surface area contributed by atoms with E-state index in [1.165, 1.54) is 5.56 Å². The first-order valence-corrected chi connectivity index (χ1v) is 12.4. The Labute approximate surface area is 207 Å². The summed E-state index contributed by atoms with van der Waals surface area (Å²) in [5.74, 6) is 0.799. The van der Waals surface area contributed by atoms with E-state index in [0.717, 1.165) is 42.6 Å². The highest BCUT2D eigenvalue weighted by atomic mass is 16.5. The molecule has 1 saturated heterocycles. The normalized spacial score (nSPS) is 16.9. The molecule has 0 aliphatic carbocycles. The average Bonchev–Trinajstić information content (AvgIpc) is 3.29. The maximum absolute atomic E-state index is 13.2. The van der Waals surface area contributed by atoms with Crippen LogP contribution in [-0.4, -0.2) is 49.0 Å². The van der Waals surface area contributed by atoms with Crippen molar-refractivity contribution in [1.29, 1.82) is 0 Å². The van der Waals surface area contributed by atoms with Gasteiger partial charge in [0, 0.05) is 31.2 Å². The molecule has 1 fully saturated rings. The van der Waals surface area contributed by atoms with Gasteiger partial charge < -0.3 is 15.4 Å². The van der Waals surface area contributed by atoms with E-state index in [-0.39, 0.29) is 23.8 Å². The number of hydrogen-bond donors (Lipinski definition) is 2. The van der Waals surface area contributed by atoms with E-state index in [9.17, 15) is 9.59 Å². The van der Waals surface area contributed by atoms with Crippen molar-refractivity contribution < 1.29 is 14.3 Å². The fourth-order valence-electron chi connectivity index (χ4n) is 4.66. The van der Waals surface area contributed by atoms with Gasteiger partial charge in [0.25, 0.3) is 5.91 Å². The largest absolute Gasteiger partial charge is 0.497 e. The molecule has 0 saturated carbocycles. The molecule has 35 heavy (non-hydrogen) atoms. The minimum atomic E-state index is -0.565. The molecule has 3 aromatic carbocycles. The standard InChI is InChI=1S/C29H35N3O3/c1-20(2)16-27(31-28(33)24-11-10-22-6-4-5-7-23(22)17-24)29(34)30-25-14-15-32(19-25)18-21-8-12-26(35-3)13-9-21/h4-13,17,20,25,27H,14-16,18-19H2,1-3H3,(H,30,34)(H,31,33)/t25-,27-/m0/s1. The van der Waals surface area contributed by atoms with Crippen LogP contribution < -0.4 is 15.4 Å². The topological polar surface area (TPSA) is 70.7 Å². The number of rotatable bonds is 9. The quantitative estimate of drug-likeness (QED) is 0.484. The van der Waals surface area contributed by atoms with Crippen LogP contribution in [0.4, 0.5) is 0 Å². The Balaban J connectivity index is 1.35. The van der Waals surface area contributed by atoms with Crippen LogP contribution in [0.2, 0.25) is 0 Å². The molecule has 6 nitrogen and oxygen atoms in total.